The number of likely N-dealkylation sites (N-methyl/N-ethyl adjacent to an activating group) is 2. The average molecular weight is 209 g/mol. The van der Waals surface area contributed by atoms with Crippen LogP contribution in [0.1, 0.15) is 12.5 Å². The Morgan fingerprint density at radius 1 is 1.53 bits per heavy atom. The highest BCUT2D eigenvalue weighted by atomic mass is 16.3. The van der Waals surface area contributed by atoms with Crippen LogP contribution in [0.3, 0.4) is 0 Å². The lowest BCUT2D eigenvalue weighted by atomic mass is 10.2. The van der Waals surface area contributed by atoms with Gasteiger partial charge in [0.15, 0.2) is 0 Å². The largest absolute Gasteiger partial charge is 0.392 e. The molecule has 0 aliphatic rings. The van der Waals surface area contributed by atoms with Gasteiger partial charge in [-0.2, -0.15) is 0 Å². The van der Waals surface area contributed by atoms with Crippen LogP contribution >= 0.6 is 0 Å². The first kappa shape index (κ1) is 11.9. The van der Waals surface area contributed by atoms with Crippen molar-refractivity contribution in [3.8, 4) is 0 Å². The Morgan fingerprint density at radius 2 is 2.33 bits per heavy atom. The van der Waals surface area contributed by atoms with Crippen LogP contribution in [0.2, 0.25) is 0 Å². The summed E-state index contributed by atoms with van der Waals surface area (Å²) in [6, 6.07) is 3.76. The van der Waals surface area contributed by atoms with E-state index in [0.29, 0.717) is 0 Å². The number of pyridine rings is 1. The van der Waals surface area contributed by atoms with Gasteiger partial charge in [0, 0.05) is 31.4 Å². The van der Waals surface area contributed by atoms with Gasteiger partial charge in [-0.3, -0.25) is 0 Å². The first-order valence-corrected chi connectivity index (χ1v) is 5.27. The van der Waals surface area contributed by atoms with Crippen molar-refractivity contribution in [2.24, 2.45) is 0 Å². The van der Waals surface area contributed by atoms with Crippen LogP contribution in [0.4, 0.5) is 5.82 Å². The molecule has 0 radical (unpaired) electrons. The second-order valence-electron chi connectivity index (χ2n) is 3.33. The second-order valence-corrected chi connectivity index (χ2v) is 3.33. The molecule has 0 unspecified atom stereocenters. The van der Waals surface area contributed by atoms with Crippen molar-refractivity contribution in [1.82, 2.24) is 10.3 Å². The zero-order valence-electron chi connectivity index (χ0n) is 9.40. The molecular weight excluding hydrogens is 190 g/mol. The number of aliphatic hydroxyl groups excluding tert-OH is 1. The number of hydrogen-bond acceptors (Lipinski definition) is 4. The molecular formula is C11H19N3O. The molecule has 84 valence electrons. The number of anilines is 1. The Hall–Kier alpha value is -1.13. The van der Waals surface area contributed by atoms with Gasteiger partial charge in [0.05, 0.1) is 6.61 Å². The van der Waals surface area contributed by atoms with Gasteiger partial charge in [-0.05, 0) is 20.0 Å². The van der Waals surface area contributed by atoms with Crippen LogP contribution in [0.25, 0.3) is 0 Å². The summed E-state index contributed by atoms with van der Waals surface area (Å²) in [6.45, 7) is 4.84. The normalized spacial score (nSPS) is 10.3. The molecule has 0 aliphatic carbocycles. The second kappa shape index (κ2) is 6.37. The molecule has 1 heterocycles. The molecule has 4 heteroatoms. The SMILES string of the molecule is CCN(CCNC)c1ncccc1CO. The lowest BCUT2D eigenvalue weighted by molar-refractivity contribution is 0.281. The highest BCUT2D eigenvalue weighted by molar-refractivity contribution is 5.46. The maximum absolute atomic E-state index is 9.21. The molecule has 1 aromatic heterocycles. The topological polar surface area (TPSA) is 48.4 Å². The number of nitrogens with zero attached hydrogens (tertiary/aromatic N) is 2. The Kier molecular flexibility index (Phi) is 5.07. The predicted molar refractivity (Wildman–Crippen MR) is 62.0 cm³/mol. The standard InChI is InChI=1S/C11H19N3O/c1-3-14(8-7-12-2)11-10(9-15)5-4-6-13-11/h4-6,12,15H,3,7-9H2,1-2H3. The van der Waals surface area contributed by atoms with Crippen molar-refractivity contribution in [2.45, 2.75) is 13.5 Å². The van der Waals surface area contributed by atoms with Crippen LogP contribution in [-0.2, 0) is 6.61 Å². The third-order valence-electron chi connectivity index (χ3n) is 2.35. The minimum atomic E-state index is 0.0409. The zero-order chi connectivity index (χ0) is 11.1. The van der Waals surface area contributed by atoms with Gasteiger partial charge in [0.25, 0.3) is 0 Å². The van der Waals surface area contributed by atoms with Crippen molar-refractivity contribution in [1.29, 1.82) is 0 Å². The Labute approximate surface area is 90.9 Å². The summed E-state index contributed by atoms with van der Waals surface area (Å²) in [5.41, 5.74) is 0.885. The van der Waals surface area contributed by atoms with Crippen molar-refractivity contribution in [2.75, 3.05) is 31.6 Å². The average Bonchev–Trinajstić information content (AvgIpc) is 2.30. The Bertz CT molecular complexity index is 291. The molecule has 0 fully saturated rings. The third-order valence-corrected chi connectivity index (χ3v) is 2.35. The van der Waals surface area contributed by atoms with Crippen LogP contribution in [0, 0.1) is 0 Å². The maximum Gasteiger partial charge on any atom is 0.134 e. The first-order valence-electron chi connectivity index (χ1n) is 5.27. The zero-order valence-corrected chi connectivity index (χ0v) is 9.40. The third kappa shape index (κ3) is 3.18. The van der Waals surface area contributed by atoms with E-state index in [1.165, 1.54) is 0 Å². The van der Waals surface area contributed by atoms with Crippen molar-refractivity contribution >= 4 is 5.82 Å². The highest BCUT2D eigenvalue weighted by Crippen LogP contribution is 2.16. The lowest BCUT2D eigenvalue weighted by Gasteiger charge is -2.23. The van der Waals surface area contributed by atoms with E-state index in [0.717, 1.165) is 31.0 Å². The summed E-state index contributed by atoms with van der Waals surface area (Å²) < 4.78 is 0. The number of nitrogens with one attached hydrogen (secondary N) is 1. The fourth-order valence-electron chi connectivity index (χ4n) is 1.50. The Morgan fingerprint density at radius 3 is 2.93 bits per heavy atom. The van der Waals surface area contributed by atoms with Gasteiger partial charge in [0.1, 0.15) is 5.82 Å². The van der Waals surface area contributed by atoms with Crippen molar-refractivity contribution in [3.05, 3.63) is 23.9 Å². The molecule has 15 heavy (non-hydrogen) atoms. The van der Waals surface area contributed by atoms with Gasteiger partial charge in [-0.1, -0.05) is 6.07 Å². The van der Waals surface area contributed by atoms with E-state index in [1.807, 2.05) is 19.2 Å². The number of aliphatic hydroxyl groups is 1. The summed E-state index contributed by atoms with van der Waals surface area (Å²) in [6.07, 6.45) is 1.76. The molecule has 0 saturated heterocycles. The summed E-state index contributed by atoms with van der Waals surface area (Å²) >= 11 is 0. The number of aromatic nitrogens is 1. The molecule has 0 atom stereocenters. The van der Waals surface area contributed by atoms with Gasteiger partial charge >= 0.3 is 0 Å². The molecule has 0 aromatic carbocycles. The fraction of sp³-hybridized carbons (Fsp3) is 0.545. The van der Waals surface area contributed by atoms with Gasteiger partial charge in [0.2, 0.25) is 0 Å². The maximum atomic E-state index is 9.21. The van der Waals surface area contributed by atoms with Crippen LogP contribution in [0.15, 0.2) is 18.3 Å². The van der Waals surface area contributed by atoms with Crippen molar-refractivity contribution < 1.29 is 5.11 Å². The van der Waals surface area contributed by atoms with Crippen LogP contribution in [-0.4, -0.2) is 36.8 Å². The fourth-order valence-corrected chi connectivity index (χ4v) is 1.50. The summed E-state index contributed by atoms with van der Waals surface area (Å²) in [4.78, 5) is 6.47. The predicted octanol–water partition coefficient (Wildman–Crippen LogP) is 0.620. The van der Waals surface area contributed by atoms with E-state index in [9.17, 15) is 5.11 Å². The van der Waals surface area contributed by atoms with E-state index in [-0.39, 0.29) is 6.61 Å². The molecule has 2 N–H and O–H groups in total. The monoisotopic (exact) mass is 209 g/mol. The molecule has 0 aliphatic heterocycles. The van der Waals surface area contributed by atoms with Gasteiger partial charge < -0.3 is 15.3 Å². The smallest absolute Gasteiger partial charge is 0.134 e. The van der Waals surface area contributed by atoms with Crippen LogP contribution < -0.4 is 10.2 Å². The van der Waals surface area contributed by atoms with Crippen molar-refractivity contribution in [3.63, 3.8) is 0 Å². The highest BCUT2D eigenvalue weighted by Gasteiger charge is 2.09. The minimum absolute atomic E-state index is 0.0409. The molecule has 0 spiro atoms. The van der Waals surface area contributed by atoms with Gasteiger partial charge in [-0.25, -0.2) is 4.98 Å². The van der Waals surface area contributed by atoms with E-state index < -0.39 is 0 Å². The van der Waals surface area contributed by atoms with E-state index in [1.54, 1.807) is 6.20 Å². The number of hydrogen-bond donors (Lipinski definition) is 2. The molecule has 0 saturated carbocycles. The van der Waals surface area contributed by atoms with Gasteiger partial charge in [-0.15, -0.1) is 0 Å². The quantitative estimate of drug-likeness (QED) is 0.721. The minimum Gasteiger partial charge on any atom is -0.392 e. The van der Waals surface area contributed by atoms with E-state index >= 15 is 0 Å². The molecule has 0 bridgehead atoms. The molecule has 1 rings (SSSR count). The molecule has 4 nitrogen and oxygen atoms in total. The molecule has 1 aromatic rings. The summed E-state index contributed by atoms with van der Waals surface area (Å²) in [7, 11) is 1.93. The first-order chi connectivity index (χ1) is 7.33. The van der Waals surface area contributed by atoms with Crippen LogP contribution in [0.5, 0.6) is 0 Å². The lowest BCUT2D eigenvalue weighted by Crippen LogP contribution is -2.32. The summed E-state index contributed by atoms with van der Waals surface area (Å²) in [5, 5.41) is 12.3. The summed E-state index contributed by atoms with van der Waals surface area (Å²) in [5.74, 6) is 0.887. The van der Waals surface area contributed by atoms with E-state index in [4.69, 9.17) is 0 Å². The Balaban J connectivity index is 2.80. The number of rotatable bonds is 6. The molecule has 0 amide bonds. The van der Waals surface area contributed by atoms with E-state index in [2.05, 4.69) is 22.1 Å².